The fraction of sp³-hybridized carbons (Fsp3) is 0.600. The third-order valence-corrected chi connectivity index (χ3v) is 3.76. The molecule has 0 unspecified atom stereocenters. The van der Waals surface area contributed by atoms with Crippen molar-refractivity contribution in [3.63, 3.8) is 0 Å². The quantitative estimate of drug-likeness (QED) is 0.822. The summed E-state index contributed by atoms with van der Waals surface area (Å²) < 4.78 is 0. The predicted molar refractivity (Wildman–Crippen MR) is 76.0 cm³/mol. The summed E-state index contributed by atoms with van der Waals surface area (Å²) in [6, 6.07) is 5.92. The molecule has 0 aromatic carbocycles. The summed E-state index contributed by atoms with van der Waals surface area (Å²) in [7, 11) is 1.95. The molecule has 0 radical (unpaired) electrons. The average Bonchev–Trinajstić information content (AvgIpc) is 2.35. The van der Waals surface area contributed by atoms with Crippen LogP contribution in [-0.2, 0) is 11.3 Å². The van der Waals surface area contributed by atoms with E-state index in [1.807, 2.05) is 50.9 Å². The predicted octanol–water partition coefficient (Wildman–Crippen LogP) is 2.71. The number of hydrogen-bond donors (Lipinski definition) is 1. The van der Waals surface area contributed by atoms with E-state index < -0.39 is 11.4 Å². The van der Waals surface area contributed by atoms with E-state index >= 15 is 0 Å². The monoisotopic (exact) mass is 264 g/mol. The van der Waals surface area contributed by atoms with Gasteiger partial charge in [-0.3, -0.25) is 14.7 Å². The molecule has 0 fully saturated rings. The second-order valence-corrected chi connectivity index (χ2v) is 5.24. The minimum atomic E-state index is -0.707. The number of aliphatic carboxylic acids is 1. The van der Waals surface area contributed by atoms with Crippen molar-refractivity contribution < 1.29 is 9.90 Å². The Morgan fingerprint density at radius 1 is 1.37 bits per heavy atom. The molecule has 19 heavy (non-hydrogen) atoms. The van der Waals surface area contributed by atoms with Crippen LogP contribution in [0.2, 0.25) is 0 Å². The van der Waals surface area contributed by atoms with Gasteiger partial charge >= 0.3 is 5.97 Å². The van der Waals surface area contributed by atoms with Crippen LogP contribution < -0.4 is 0 Å². The lowest BCUT2D eigenvalue weighted by molar-refractivity contribution is -0.150. The van der Waals surface area contributed by atoms with Gasteiger partial charge in [-0.15, -0.1) is 0 Å². The summed E-state index contributed by atoms with van der Waals surface area (Å²) in [5.74, 6) is -0.707. The average molecular weight is 264 g/mol. The molecule has 0 saturated carbocycles. The molecule has 106 valence electrons. The van der Waals surface area contributed by atoms with E-state index in [1.54, 1.807) is 0 Å². The molecule has 4 heteroatoms. The van der Waals surface area contributed by atoms with Crippen molar-refractivity contribution in [3.05, 3.63) is 29.6 Å². The van der Waals surface area contributed by atoms with Gasteiger partial charge in [0.25, 0.3) is 0 Å². The van der Waals surface area contributed by atoms with Gasteiger partial charge in [-0.1, -0.05) is 19.9 Å². The van der Waals surface area contributed by atoms with Crippen molar-refractivity contribution in [2.24, 2.45) is 5.41 Å². The lowest BCUT2D eigenvalue weighted by Crippen LogP contribution is -2.40. The van der Waals surface area contributed by atoms with Crippen LogP contribution in [0.5, 0.6) is 0 Å². The molecular weight excluding hydrogens is 240 g/mol. The highest BCUT2D eigenvalue weighted by Crippen LogP contribution is 2.28. The van der Waals surface area contributed by atoms with Crippen molar-refractivity contribution in [2.45, 2.75) is 40.2 Å². The first kappa shape index (κ1) is 15.6. The normalized spacial score (nSPS) is 11.8. The van der Waals surface area contributed by atoms with Crippen LogP contribution in [0.1, 0.15) is 38.1 Å². The zero-order valence-corrected chi connectivity index (χ0v) is 12.3. The van der Waals surface area contributed by atoms with E-state index in [0.717, 1.165) is 11.4 Å². The van der Waals surface area contributed by atoms with Crippen LogP contribution in [0, 0.1) is 12.3 Å². The van der Waals surface area contributed by atoms with Crippen LogP contribution in [0.3, 0.4) is 0 Å². The number of aryl methyl sites for hydroxylation is 1. The summed E-state index contributed by atoms with van der Waals surface area (Å²) >= 11 is 0. The number of rotatable bonds is 7. The summed E-state index contributed by atoms with van der Waals surface area (Å²) in [6.45, 7) is 7.07. The SMILES string of the molecule is CCC(CC)(CN(C)Cc1cccc(C)n1)C(=O)O. The molecule has 0 aliphatic rings. The smallest absolute Gasteiger partial charge is 0.310 e. The molecule has 0 bridgehead atoms. The number of carbonyl (C=O) groups is 1. The van der Waals surface area contributed by atoms with Gasteiger partial charge in [-0.25, -0.2) is 0 Å². The van der Waals surface area contributed by atoms with E-state index in [0.29, 0.717) is 25.9 Å². The van der Waals surface area contributed by atoms with Crippen LogP contribution in [-0.4, -0.2) is 34.6 Å². The molecule has 1 rings (SSSR count). The Kier molecular flexibility index (Phi) is 5.48. The van der Waals surface area contributed by atoms with Crippen molar-refractivity contribution in [1.82, 2.24) is 9.88 Å². The van der Waals surface area contributed by atoms with Gasteiger partial charge in [-0.2, -0.15) is 0 Å². The lowest BCUT2D eigenvalue weighted by Gasteiger charge is -2.31. The Morgan fingerprint density at radius 3 is 2.47 bits per heavy atom. The Hall–Kier alpha value is -1.42. The number of nitrogens with zero attached hydrogens (tertiary/aromatic N) is 2. The molecule has 1 aromatic heterocycles. The third-order valence-electron chi connectivity index (χ3n) is 3.76. The lowest BCUT2D eigenvalue weighted by atomic mass is 9.82. The van der Waals surface area contributed by atoms with Gasteiger partial charge in [0.05, 0.1) is 11.1 Å². The van der Waals surface area contributed by atoms with Crippen LogP contribution in [0.4, 0.5) is 0 Å². The zero-order chi connectivity index (χ0) is 14.5. The number of pyridine rings is 1. The molecule has 1 aromatic rings. The second-order valence-electron chi connectivity index (χ2n) is 5.24. The molecule has 0 spiro atoms. The molecule has 0 aliphatic carbocycles. The maximum Gasteiger partial charge on any atom is 0.310 e. The minimum Gasteiger partial charge on any atom is -0.481 e. The van der Waals surface area contributed by atoms with Crippen LogP contribution in [0.15, 0.2) is 18.2 Å². The first-order chi connectivity index (χ1) is 8.93. The third kappa shape index (κ3) is 4.03. The molecular formula is C15H24N2O2. The summed E-state index contributed by atoms with van der Waals surface area (Å²) in [4.78, 5) is 18.0. The largest absolute Gasteiger partial charge is 0.481 e. The number of aromatic nitrogens is 1. The first-order valence-corrected chi connectivity index (χ1v) is 6.78. The molecule has 0 atom stereocenters. The summed E-state index contributed by atoms with van der Waals surface area (Å²) in [5, 5.41) is 9.44. The molecule has 0 aliphatic heterocycles. The first-order valence-electron chi connectivity index (χ1n) is 6.78. The fourth-order valence-corrected chi connectivity index (χ4v) is 2.38. The fourth-order valence-electron chi connectivity index (χ4n) is 2.38. The van der Waals surface area contributed by atoms with Gasteiger partial charge in [0, 0.05) is 18.8 Å². The van der Waals surface area contributed by atoms with Gasteiger partial charge in [-0.05, 0) is 38.9 Å². The van der Waals surface area contributed by atoms with Crippen molar-refractivity contribution in [1.29, 1.82) is 0 Å². The van der Waals surface area contributed by atoms with E-state index in [4.69, 9.17) is 0 Å². The van der Waals surface area contributed by atoms with E-state index in [1.165, 1.54) is 0 Å². The van der Waals surface area contributed by atoms with Gasteiger partial charge in [0.15, 0.2) is 0 Å². The minimum absolute atomic E-state index is 0.547. The Labute approximate surface area is 115 Å². The molecule has 1 N–H and O–H groups in total. The highest BCUT2D eigenvalue weighted by Gasteiger charge is 2.35. The highest BCUT2D eigenvalue weighted by molar-refractivity contribution is 5.74. The summed E-state index contributed by atoms with van der Waals surface area (Å²) in [6.07, 6.45) is 1.29. The van der Waals surface area contributed by atoms with Crippen molar-refractivity contribution in [2.75, 3.05) is 13.6 Å². The summed E-state index contributed by atoms with van der Waals surface area (Å²) in [5.41, 5.74) is 1.31. The molecule has 1 heterocycles. The van der Waals surface area contributed by atoms with Crippen LogP contribution in [0.25, 0.3) is 0 Å². The van der Waals surface area contributed by atoms with E-state index in [2.05, 4.69) is 4.98 Å². The van der Waals surface area contributed by atoms with Gasteiger partial charge < -0.3 is 5.11 Å². The molecule has 0 amide bonds. The standard InChI is InChI=1S/C15H24N2O2/c1-5-15(6-2,14(18)19)11-17(4)10-13-9-7-8-12(3)16-13/h7-9H,5-6,10-11H2,1-4H3,(H,18,19). The maximum absolute atomic E-state index is 11.5. The Morgan fingerprint density at radius 2 is 2.00 bits per heavy atom. The topological polar surface area (TPSA) is 53.4 Å². The molecule has 0 saturated heterocycles. The number of carboxylic acids is 1. The highest BCUT2D eigenvalue weighted by atomic mass is 16.4. The number of carboxylic acid groups (broad SMARTS) is 1. The van der Waals surface area contributed by atoms with Gasteiger partial charge in [0.2, 0.25) is 0 Å². The Balaban J connectivity index is 2.73. The van der Waals surface area contributed by atoms with Crippen LogP contribution >= 0.6 is 0 Å². The van der Waals surface area contributed by atoms with Gasteiger partial charge in [0.1, 0.15) is 0 Å². The van der Waals surface area contributed by atoms with E-state index in [-0.39, 0.29) is 0 Å². The van der Waals surface area contributed by atoms with Crippen molar-refractivity contribution >= 4 is 5.97 Å². The zero-order valence-electron chi connectivity index (χ0n) is 12.3. The Bertz CT molecular complexity index is 428. The second kappa shape index (κ2) is 6.66. The molecule has 4 nitrogen and oxygen atoms in total. The van der Waals surface area contributed by atoms with E-state index in [9.17, 15) is 9.90 Å². The van der Waals surface area contributed by atoms with Crippen molar-refractivity contribution in [3.8, 4) is 0 Å². The maximum atomic E-state index is 11.5. The number of hydrogen-bond acceptors (Lipinski definition) is 3.